The Morgan fingerprint density at radius 3 is 2.61 bits per heavy atom. The fourth-order valence-electron chi connectivity index (χ4n) is 1.65. The van der Waals surface area contributed by atoms with Crippen molar-refractivity contribution >= 4 is 5.91 Å². The zero-order chi connectivity index (χ0) is 13.0. The summed E-state index contributed by atoms with van der Waals surface area (Å²) in [6, 6.07) is 11.8. The molecule has 1 amide bonds. The van der Waals surface area contributed by atoms with E-state index < -0.39 is 0 Å². The van der Waals surface area contributed by atoms with E-state index in [1.807, 2.05) is 25.1 Å². The standard InChI is InChI=1S/C14H14N2O2/c1-10(12-7-4-5-9-15-12)16-14(18)11-6-2-3-8-13(11)17/h2-10,17H,1H3,(H,16,18). The SMILES string of the molecule is CC(NC(=O)c1ccccc1O)c1ccccn1. The van der Waals surface area contributed by atoms with E-state index in [0.717, 1.165) is 5.69 Å². The number of carbonyl (C=O) groups excluding carboxylic acids is 1. The highest BCUT2D eigenvalue weighted by atomic mass is 16.3. The van der Waals surface area contributed by atoms with Gasteiger partial charge in [-0.25, -0.2) is 0 Å². The van der Waals surface area contributed by atoms with E-state index in [-0.39, 0.29) is 23.3 Å². The van der Waals surface area contributed by atoms with E-state index in [9.17, 15) is 9.90 Å². The van der Waals surface area contributed by atoms with Crippen LogP contribution in [0, 0.1) is 0 Å². The summed E-state index contributed by atoms with van der Waals surface area (Å²) in [5, 5.41) is 12.4. The van der Waals surface area contributed by atoms with Gasteiger partial charge < -0.3 is 10.4 Å². The summed E-state index contributed by atoms with van der Waals surface area (Å²) in [7, 11) is 0. The molecule has 0 saturated heterocycles. The van der Waals surface area contributed by atoms with Gasteiger partial charge in [0.05, 0.1) is 17.3 Å². The van der Waals surface area contributed by atoms with Crippen molar-refractivity contribution in [3.8, 4) is 5.75 Å². The first-order valence-electron chi connectivity index (χ1n) is 5.68. The molecule has 0 aliphatic heterocycles. The van der Waals surface area contributed by atoms with Crippen molar-refractivity contribution in [2.45, 2.75) is 13.0 Å². The Morgan fingerprint density at radius 2 is 1.94 bits per heavy atom. The molecule has 0 fully saturated rings. The number of aromatic hydroxyl groups is 1. The van der Waals surface area contributed by atoms with Crippen molar-refractivity contribution in [3.05, 3.63) is 59.9 Å². The highest BCUT2D eigenvalue weighted by Gasteiger charge is 2.14. The number of carbonyl (C=O) groups is 1. The third-order valence-corrected chi connectivity index (χ3v) is 2.63. The van der Waals surface area contributed by atoms with Crippen LogP contribution >= 0.6 is 0 Å². The Labute approximate surface area is 105 Å². The Kier molecular flexibility index (Phi) is 3.57. The van der Waals surface area contributed by atoms with Gasteiger partial charge in [-0.05, 0) is 31.2 Å². The summed E-state index contributed by atoms with van der Waals surface area (Å²) in [4.78, 5) is 16.1. The number of phenolic OH excluding ortho intramolecular Hbond substituents is 1. The smallest absolute Gasteiger partial charge is 0.255 e. The summed E-state index contributed by atoms with van der Waals surface area (Å²) in [5.74, 6) is -0.338. The van der Waals surface area contributed by atoms with Gasteiger partial charge in [0.1, 0.15) is 5.75 Å². The number of hydrogen-bond acceptors (Lipinski definition) is 3. The van der Waals surface area contributed by atoms with Crippen molar-refractivity contribution < 1.29 is 9.90 Å². The summed E-state index contributed by atoms with van der Waals surface area (Å²) >= 11 is 0. The van der Waals surface area contributed by atoms with Gasteiger partial charge in [0.25, 0.3) is 5.91 Å². The number of aromatic nitrogens is 1. The highest BCUT2D eigenvalue weighted by molar-refractivity contribution is 5.96. The van der Waals surface area contributed by atoms with Crippen LogP contribution in [-0.2, 0) is 0 Å². The zero-order valence-electron chi connectivity index (χ0n) is 10.00. The number of nitrogens with one attached hydrogen (secondary N) is 1. The molecule has 0 spiro atoms. The van der Waals surface area contributed by atoms with Gasteiger partial charge in [-0.1, -0.05) is 18.2 Å². The number of phenols is 1. The Morgan fingerprint density at radius 1 is 1.22 bits per heavy atom. The molecule has 18 heavy (non-hydrogen) atoms. The number of benzene rings is 1. The molecule has 0 aliphatic carbocycles. The second-order valence-corrected chi connectivity index (χ2v) is 3.97. The van der Waals surface area contributed by atoms with E-state index >= 15 is 0 Å². The number of rotatable bonds is 3. The predicted molar refractivity (Wildman–Crippen MR) is 68.2 cm³/mol. The van der Waals surface area contributed by atoms with Crippen LogP contribution in [0.3, 0.4) is 0 Å². The van der Waals surface area contributed by atoms with Crippen LogP contribution in [0.2, 0.25) is 0 Å². The van der Waals surface area contributed by atoms with E-state index in [4.69, 9.17) is 0 Å². The summed E-state index contributed by atoms with van der Waals surface area (Å²) < 4.78 is 0. The first-order chi connectivity index (χ1) is 8.68. The number of pyridine rings is 1. The largest absolute Gasteiger partial charge is 0.507 e. The first kappa shape index (κ1) is 12.1. The van der Waals surface area contributed by atoms with Gasteiger partial charge >= 0.3 is 0 Å². The summed E-state index contributed by atoms with van der Waals surface area (Å²) in [5.41, 5.74) is 1.04. The highest BCUT2D eigenvalue weighted by Crippen LogP contribution is 2.17. The van der Waals surface area contributed by atoms with Crippen LogP contribution in [0.15, 0.2) is 48.7 Å². The molecule has 0 aliphatic rings. The second kappa shape index (κ2) is 5.31. The van der Waals surface area contributed by atoms with E-state index in [1.54, 1.807) is 24.4 Å². The minimum Gasteiger partial charge on any atom is -0.507 e. The Bertz CT molecular complexity index is 541. The quantitative estimate of drug-likeness (QED) is 0.868. The molecule has 1 aromatic carbocycles. The molecule has 92 valence electrons. The number of amides is 1. The average Bonchev–Trinajstić information content (AvgIpc) is 2.40. The van der Waals surface area contributed by atoms with Crippen LogP contribution in [0.1, 0.15) is 29.0 Å². The van der Waals surface area contributed by atoms with Gasteiger partial charge in [0.2, 0.25) is 0 Å². The number of nitrogens with zero attached hydrogens (tertiary/aromatic N) is 1. The zero-order valence-corrected chi connectivity index (χ0v) is 10.00. The average molecular weight is 242 g/mol. The normalized spacial score (nSPS) is 11.8. The number of hydrogen-bond donors (Lipinski definition) is 2. The van der Waals surface area contributed by atoms with E-state index in [2.05, 4.69) is 10.3 Å². The molecule has 4 nitrogen and oxygen atoms in total. The van der Waals surface area contributed by atoms with Gasteiger partial charge in [-0.3, -0.25) is 9.78 Å². The Hall–Kier alpha value is -2.36. The predicted octanol–water partition coefficient (Wildman–Crippen LogP) is 2.28. The first-order valence-corrected chi connectivity index (χ1v) is 5.68. The van der Waals surface area contributed by atoms with Crippen molar-refractivity contribution in [2.75, 3.05) is 0 Å². The van der Waals surface area contributed by atoms with Crippen LogP contribution in [0.25, 0.3) is 0 Å². The van der Waals surface area contributed by atoms with Crippen molar-refractivity contribution in [2.24, 2.45) is 0 Å². The maximum atomic E-state index is 12.0. The lowest BCUT2D eigenvalue weighted by atomic mass is 10.1. The molecule has 0 bridgehead atoms. The monoisotopic (exact) mass is 242 g/mol. The maximum Gasteiger partial charge on any atom is 0.255 e. The van der Waals surface area contributed by atoms with E-state index in [0.29, 0.717) is 0 Å². The van der Waals surface area contributed by atoms with Crippen LogP contribution < -0.4 is 5.32 Å². The molecule has 0 radical (unpaired) electrons. The van der Waals surface area contributed by atoms with E-state index in [1.165, 1.54) is 6.07 Å². The van der Waals surface area contributed by atoms with Crippen molar-refractivity contribution in [3.63, 3.8) is 0 Å². The third kappa shape index (κ3) is 2.66. The molecule has 1 aromatic heterocycles. The minimum absolute atomic E-state index is 0.0248. The van der Waals surface area contributed by atoms with Crippen molar-refractivity contribution in [1.82, 2.24) is 10.3 Å². The molecule has 2 N–H and O–H groups in total. The van der Waals surface area contributed by atoms with Gasteiger partial charge in [-0.2, -0.15) is 0 Å². The summed E-state index contributed by atoms with van der Waals surface area (Å²) in [6.07, 6.45) is 1.68. The molecule has 1 heterocycles. The van der Waals surface area contributed by atoms with Crippen LogP contribution in [0.5, 0.6) is 5.75 Å². The lowest BCUT2D eigenvalue weighted by Crippen LogP contribution is -2.27. The molecule has 1 atom stereocenters. The summed E-state index contributed by atoms with van der Waals surface area (Å²) in [6.45, 7) is 1.85. The molecular weight excluding hydrogens is 228 g/mol. The minimum atomic E-state index is -0.314. The van der Waals surface area contributed by atoms with Crippen molar-refractivity contribution in [1.29, 1.82) is 0 Å². The molecule has 2 aromatic rings. The molecule has 0 saturated carbocycles. The third-order valence-electron chi connectivity index (χ3n) is 2.63. The van der Waals surface area contributed by atoms with Gasteiger partial charge in [-0.15, -0.1) is 0 Å². The fourth-order valence-corrected chi connectivity index (χ4v) is 1.65. The lowest BCUT2D eigenvalue weighted by Gasteiger charge is -2.13. The molecule has 4 heteroatoms. The van der Waals surface area contributed by atoms with Crippen LogP contribution in [0.4, 0.5) is 0 Å². The second-order valence-electron chi connectivity index (χ2n) is 3.97. The number of para-hydroxylation sites is 1. The maximum absolute atomic E-state index is 12.0. The Balaban J connectivity index is 2.11. The molecular formula is C14H14N2O2. The topological polar surface area (TPSA) is 62.2 Å². The lowest BCUT2D eigenvalue weighted by molar-refractivity contribution is 0.0936. The van der Waals surface area contributed by atoms with Gasteiger partial charge in [0.15, 0.2) is 0 Å². The van der Waals surface area contributed by atoms with Gasteiger partial charge in [0, 0.05) is 6.20 Å². The molecule has 1 unspecified atom stereocenters. The fraction of sp³-hybridized carbons (Fsp3) is 0.143. The van der Waals surface area contributed by atoms with Crippen LogP contribution in [-0.4, -0.2) is 16.0 Å². The molecule has 2 rings (SSSR count).